The van der Waals surface area contributed by atoms with E-state index in [-0.39, 0.29) is 12.1 Å². The fourth-order valence-electron chi connectivity index (χ4n) is 1.23. The molecule has 0 amide bonds. The highest BCUT2D eigenvalue weighted by Gasteiger charge is 2.33. The van der Waals surface area contributed by atoms with Crippen molar-refractivity contribution < 1.29 is 17.6 Å². The molecule has 1 nitrogen and oxygen atoms in total. The molecule has 0 aliphatic carbocycles. The molecule has 0 atom stereocenters. The minimum atomic E-state index is -4.51. The second kappa shape index (κ2) is 4.61. The van der Waals surface area contributed by atoms with Crippen LogP contribution in [0, 0.1) is 5.82 Å². The van der Waals surface area contributed by atoms with Gasteiger partial charge in [0, 0.05) is 6.54 Å². The van der Waals surface area contributed by atoms with Crippen molar-refractivity contribution in [2.45, 2.75) is 19.6 Å². The third-order valence-corrected chi connectivity index (χ3v) is 1.94. The van der Waals surface area contributed by atoms with Crippen molar-refractivity contribution in [1.82, 2.24) is 5.32 Å². The largest absolute Gasteiger partial charge is 0.416 e. The SMILES string of the molecule is CCNCc1ccc(F)cc1C(F)(F)F. The molecule has 0 saturated carbocycles. The molecule has 0 spiro atoms. The normalized spacial score (nSPS) is 11.8. The van der Waals surface area contributed by atoms with Gasteiger partial charge in [0.05, 0.1) is 5.56 Å². The van der Waals surface area contributed by atoms with Crippen LogP contribution >= 0.6 is 0 Å². The molecule has 1 aromatic carbocycles. The number of rotatable bonds is 3. The molecule has 1 aromatic rings. The van der Waals surface area contributed by atoms with Crippen LogP contribution in [0.1, 0.15) is 18.1 Å². The van der Waals surface area contributed by atoms with Gasteiger partial charge in [-0.25, -0.2) is 4.39 Å². The van der Waals surface area contributed by atoms with E-state index in [1.165, 1.54) is 0 Å². The van der Waals surface area contributed by atoms with Crippen LogP contribution in [0.15, 0.2) is 18.2 Å². The lowest BCUT2D eigenvalue weighted by Crippen LogP contribution is -2.17. The molecule has 0 radical (unpaired) electrons. The molecule has 0 aliphatic heterocycles. The first kappa shape index (κ1) is 12.0. The van der Waals surface area contributed by atoms with Crippen molar-refractivity contribution in [2.75, 3.05) is 6.54 Å². The summed E-state index contributed by atoms with van der Waals surface area (Å²) in [5.41, 5.74) is -0.853. The smallest absolute Gasteiger partial charge is 0.313 e. The van der Waals surface area contributed by atoms with E-state index in [1.54, 1.807) is 6.92 Å². The zero-order chi connectivity index (χ0) is 11.5. The lowest BCUT2D eigenvalue weighted by Gasteiger charge is -2.12. The molecule has 0 bridgehead atoms. The molecular weight excluding hydrogens is 210 g/mol. The zero-order valence-electron chi connectivity index (χ0n) is 8.16. The maximum atomic E-state index is 12.7. The van der Waals surface area contributed by atoms with Gasteiger partial charge in [-0.05, 0) is 24.2 Å². The molecule has 15 heavy (non-hydrogen) atoms. The zero-order valence-corrected chi connectivity index (χ0v) is 8.16. The Morgan fingerprint density at radius 2 is 1.93 bits per heavy atom. The van der Waals surface area contributed by atoms with Gasteiger partial charge >= 0.3 is 6.18 Å². The number of halogens is 4. The van der Waals surface area contributed by atoms with Gasteiger partial charge in [0.2, 0.25) is 0 Å². The summed E-state index contributed by atoms with van der Waals surface area (Å²) >= 11 is 0. The number of benzene rings is 1. The van der Waals surface area contributed by atoms with Crippen LogP contribution in [-0.2, 0) is 12.7 Å². The maximum absolute atomic E-state index is 12.7. The Labute approximate surface area is 85.1 Å². The van der Waals surface area contributed by atoms with E-state index in [0.29, 0.717) is 12.6 Å². The summed E-state index contributed by atoms with van der Waals surface area (Å²) < 4.78 is 50.1. The van der Waals surface area contributed by atoms with E-state index in [4.69, 9.17) is 0 Å². The Kier molecular flexibility index (Phi) is 3.68. The highest BCUT2D eigenvalue weighted by Crippen LogP contribution is 2.32. The fraction of sp³-hybridized carbons (Fsp3) is 0.400. The summed E-state index contributed by atoms with van der Waals surface area (Å²) in [7, 11) is 0. The van der Waals surface area contributed by atoms with Crippen LogP contribution in [0.25, 0.3) is 0 Å². The first-order valence-electron chi connectivity index (χ1n) is 4.51. The lowest BCUT2D eigenvalue weighted by molar-refractivity contribution is -0.138. The van der Waals surface area contributed by atoms with Gasteiger partial charge in [-0.3, -0.25) is 0 Å². The number of alkyl halides is 3. The first-order chi connectivity index (χ1) is 6.95. The lowest BCUT2D eigenvalue weighted by atomic mass is 10.1. The van der Waals surface area contributed by atoms with Gasteiger partial charge in [-0.1, -0.05) is 13.0 Å². The molecular formula is C10H11F4N. The summed E-state index contributed by atoms with van der Waals surface area (Å²) in [6.45, 7) is 2.44. The topological polar surface area (TPSA) is 12.0 Å². The van der Waals surface area contributed by atoms with Crippen LogP contribution in [0.4, 0.5) is 17.6 Å². The van der Waals surface area contributed by atoms with Crippen LogP contribution in [0.3, 0.4) is 0 Å². The van der Waals surface area contributed by atoms with E-state index in [1.807, 2.05) is 0 Å². The van der Waals surface area contributed by atoms with Crippen molar-refractivity contribution in [3.63, 3.8) is 0 Å². The van der Waals surface area contributed by atoms with Gasteiger partial charge in [0.15, 0.2) is 0 Å². The second-order valence-corrected chi connectivity index (χ2v) is 3.08. The van der Waals surface area contributed by atoms with Crippen molar-refractivity contribution in [3.05, 3.63) is 35.1 Å². The van der Waals surface area contributed by atoms with Crippen molar-refractivity contribution in [3.8, 4) is 0 Å². The van der Waals surface area contributed by atoms with Crippen LogP contribution in [0.2, 0.25) is 0 Å². The van der Waals surface area contributed by atoms with E-state index < -0.39 is 17.6 Å². The summed E-state index contributed by atoms with van der Waals surface area (Å²) in [6.07, 6.45) is -4.51. The number of hydrogen-bond donors (Lipinski definition) is 1. The first-order valence-corrected chi connectivity index (χ1v) is 4.51. The molecule has 0 aromatic heterocycles. The second-order valence-electron chi connectivity index (χ2n) is 3.08. The van der Waals surface area contributed by atoms with E-state index >= 15 is 0 Å². The quantitative estimate of drug-likeness (QED) is 0.774. The molecule has 1 N–H and O–H groups in total. The van der Waals surface area contributed by atoms with E-state index in [9.17, 15) is 17.6 Å². The van der Waals surface area contributed by atoms with Gasteiger partial charge in [0.25, 0.3) is 0 Å². The van der Waals surface area contributed by atoms with Gasteiger partial charge in [0.1, 0.15) is 5.82 Å². The molecule has 0 heterocycles. The molecule has 5 heteroatoms. The predicted octanol–water partition coefficient (Wildman–Crippen LogP) is 2.95. The van der Waals surface area contributed by atoms with Gasteiger partial charge in [-0.15, -0.1) is 0 Å². The Hall–Kier alpha value is -1.10. The van der Waals surface area contributed by atoms with Crippen molar-refractivity contribution in [2.24, 2.45) is 0 Å². The summed E-state index contributed by atoms with van der Waals surface area (Å²) in [5, 5.41) is 2.77. The minimum Gasteiger partial charge on any atom is -0.313 e. The Morgan fingerprint density at radius 3 is 2.47 bits per heavy atom. The summed E-state index contributed by atoms with van der Waals surface area (Å²) in [6, 6.07) is 2.70. The molecule has 0 saturated heterocycles. The Morgan fingerprint density at radius 1 is 1.27 bits per heavy atom. The molecule has 84 valence electrons. The fourth-order valence-corrected chi connectivity index (χ4v) is 1.23. The Balaban J connectivity index is 3.04. The van der Waals surface area contributed by atoms with E-state index in [2.05, 4.69) is 5.32 Å². The highest BCUT2D eigenvalue weighted by molar-refractivity contribution is 5.30. The molecule has 0 aliphatic rings. The third-order valence-electron chi connectivity index (χ3n) is 1.94. The van der Waals surface area contributed by atoms with Crippen molar-refractivity contribution in [1.29, 1.82) is 0 Å². The van der Waals surface area contributed by atoms with Crippen LogP contribution in [0.5, 0.6) is 0 Å². The standard InChI is InChI=1S/C10H11F4N/c1-2-15-6-7-3-4-8(11)5-9(7)10(12,13)14/h3-5,15H,2,6H2,1H3. The predicted molar refractivity (Wildman–Crippen MR) is 48.8 cm³/mol. The van der Waals surface area contributed by atoms with Crippen molar-refractivity contribution >= 4 is 0 Å². The average Bonchev–Trinajstić information content (AvgIpc) is 2.14. The Bertz CT molecular complexity index is 333. The molecule has 1 rings (SSSR count). The monoisotopic (exact) mass is 221 g/mol. The highest BCUT2D eigenvalue weighted by atomic mass is 19.4. The molecule has 0 fully saturated rings. The third kappa shape index (κ3) is 3.20. The minimum absolute atomic E-state index is 0.0609. The summed E-state index contributed by atoms with van der Waals surface area (Å²) in [5.74, 6) is -0.873. The maximum Gasteiger partial charge on any atom is 0.416 e. The average molecular weight is 221 g/mol. The van der Waals surface area contributed by atoms with Gasteiger partial charge in [-0.2, -0.15) is 13.2 Å². The van der Waals surface area contributed by atoms with Gasteiger partial charge < -0.3 is 5.32 Å². The number of nitrogens with one attached hydrogen (secondary N) is 1. The molecule has 0 unspecified atom stereocenters. The summed E-state index contributed by atoms with van der Waals surface area (Å²) in [4.78, 5) is 0. The van der Waals surface area contributed by atoms with Crippen LogP contribution < -0.4 is 5.32 Å². The van der Waals surface area contributed by atoms with E-state index in [0.717, 1.165) is 12.1 Å². The van der Waals surface area contributed by atoms with Crippen LogP contribution in [-0.4, -0.2) is 6.54 Å². The number of hydrogen-bond acceptors (Lipinski definition) is 1.